The highest BCUT2D eigenvalue weighted by Gasteiger charge is 2.50. The minimum absolute atomic E-state index is 0.136. The SMILES string of the molecule is CC1(C)CC(C(O)C2CCCc3ccccc32)C(C)(C)O1. The van der Waals surface area contributed by atoms with Crippen LogP contribution in [0.1, 0.15) is 64.0 Å². The molecule has 0 aromatic heterocycles. The lowest BCUT2D eigenvalue weighted by molar-refractivity contribution is -0.0904. The molecular weight excluding hydrogens is 260 g/mol. The summed E-state index contributed by atoms with van der Waals surface area (Å²) >= 11 is 0. The summed E-state index contributed by atoms with van der Waals surface area (Å²) < 4.78 is 6.19. The Bertz CT molecular complexity index is 518. The Balaban J connectivity index is 1.88. The second-order valence-corrected chi connectivity index (χ2v) is 7.96. The fourth-order valence-electron chi connectivity index (χ4n) is 4.56. The van der Waals surface area contributed by atoms with Gasteiger partial charge in [0.15, 0.2) is 0 Å². The smallest absolute Gasteiger partial charge is 0.0687 e. The Kier molecular flexibility index (Phi) is 3.66. The van der Waals surface area contributed by atoms with Gasteiger partial charge in [0, 0.05) is 11.8 Å². The maximum Gasteiger partial charge on any atom is 0.0687 e. The molecule has 1 aromatic rings. The molecule has 0 amide bonds. The summed E-state index contributed by atoms with van der Waals surface area (Å²) in [6.45, 7) is 8.53. The van der Waals surface area contributed by atoms with E-state index in [0.717, 1.165) is 19.3 Å². The van der Waals surface area contributed by atoms with Crippen molar-refractivity contribution in [2.75, 3.05) is 0 Å². The first kappa shape index (κ1) is 15.1. The van der Waals surface area contributed by atoms with Crippen LogP contribution in [0.5, 0.6) is 0 Å². The standard InChI is InChI=1S/C19H28O2/c1-18(2)12-16(19(3,4)21-18)17(20)15-11-7-9-13-8-5-6-10-14(13)15/h5-6,8,10,15-17,20H,7,9,11-12H2,1-4H3. The molecule has 2 aliphatic rings. The zero-order valence-electron chi connectivity index (χ0n) is 13.7. The Morgan fingerprint density at radius 3 is 2.57 bits per heavy atom. The lowest BCUT2D eigenvalue weighted by atomic mass is 9.71. The third-order valence-electron chi connectivity index (χ3n) is 5.38. The highest BCUT2D eigenvalue weighted by atomic mass is 16.5. The van der Waals surface area contributed by atoms with Crippen molar-refractivity contribution in [3.8, 4) is 0 Å². The molecule has 1 aliphatic heterocycles. The lowest BCUT2D eigenvalue weighted by Gasteiger charge is -2.37. The Labute approximate surface area is 128 Å². The highest BCUT2D eigenvalue weighted by Crippen LogP contribution is 2.48. The third kappa shape index (κ3) is 2.76. The molecule has 1 aliphatic carbocycles. The highest BCUT2D eigenvalue weighted by molar-refractivity contribution is 5.33. The molecule has 2 heteroatoms. The molecule has 1 saturated heterocycles. The quantitative estimate of drug-likeness (QED) is 0.889. The van der Waals surface area contributed by atoms with Gasteiger partial charge in [-0.15, -0.1) is 0 Å². The molecule has 2 nitrogen and oxygen atoms in total. The Hall–Kier alpha value is -0.860. The van der Waals surface area contributed by atoms with Gasteiger partial charge in [-0.25, -0.2) is 0 Å². The van der Waals surface area contributed by atoms with Crippen LogP contribution in [0.15, 0.2) is 24.3 Å². The molecule has 0 radical (unpaired) electrons. The van der Waals surface area contributed by atoms with Gasteiger partial charge in [-0.1, -0.05) is 24.3 Å². The van der Waals surface area contributed by atoms with Gasteiger partial charge >= 0.3 is 0 Å². The summed E-state index contributed by atoms with van der Waals surface area (Å²) in [6.07, 6.45) is 4.03. The van der Waals surface area contributed by atoms with Crippen molar-refractivity contribution in [1.29, 1.82) is 0 Å². The maximum absolute atomic E-state index is 11.1. The second kappa shape index (κ2) is 5.10. The van der Waals surface area contributed by atoms with Gasteiger partial charge in [0.05, 0.1) is 17.3 Å². The molecule has 1 fully saturated rings. The number of rotatable bonds is 2. The average Bonchev–Trinajstić information content (AvgIpc) is 2.65. The maximum atomic E-state index is 11.1. The van der Waals surface area contributed by atoms with Gasteiger partial charge in [-0.2, -0.15) is 0 Å². The molecule has 116 valence electrons. The van der Waals surface area contributed by atoms with Crippen LogP contribution in [0.4, 0.5) is 0 Å². The van der Waals surface area contributed by atoms with E-state index in [9.17, 15) is 5.11 Å². The molecule has 3 rings (SSSR count). The molecule has 3 atom stereocenters. The van der Waals surface area contributed by atoms with Crippen molar-refractivity contribution < 1.29 is 9.84 Å². The second-order valence-electron chi connectivity index (χ2n) is 7.96. The largest absolute Gasteiger partial charge is 0.392 e. The van der Waals surface area contributed by atoms with E-state index in [1.807, 2.05) is 0 Å². The van der Waals surface area contributed by atoms with Gasteiger partial charge in [-0.3, -0.25) is 0 Å². The van der Waals surface area contributed by atoms with Crippen molar-refractivity contribution in [3.05, 3.63) is 35.4 Å². The summed E-state index contributed by atoms with van der Waals surface area (Å²) in [5, 5.41) is 11.1. The normalized spacial score (nSPS) is 31.7. The van der Waals surface area contributed by atoms with Crippen molar-refractivity contribution >= 4 is 0 Å². The third-order valence-corrected chi connectivity index (χ3v) is 5.38. The first-order chi connectivity index (χ1) is 9.80. The van der Waals surface area contributed by atoms with Gasteiger partial charge in [0.25, 0.3) is 0 Å². The van der Waals surface area contributed by atoms with Gasteiger partial charge in [0.1, 0.15) is 0 Å². The molecule has 1 heterocycles. The number of aliphatic hydroxyl groups excluding tert-OH is 1. The fourth-order valence-corrected chi connectivity index (χ4v) is 4.56. The van der Waals surface area contributed by atoms with E-state index in [1.165, 1.54) is 17.5 Å². The van der Waals surface area contributed by atoms with Crippen molar-refractivity contribution in [2.45, 2.75) is 76.6 Å². The predicted molar refractivity (Wildman–Crippen MR) is 85.5 cm³/mol. The number of fused-ring (bicyclic) bond motifs is 1. The van der Waals surface area contributed by atoms with Crippen LogP contribution in [0.2, 0.25) is 0 Å². The predicted octanol–water partition coefficient (Wildman–Crippen LogP) is 4.06. The molecule has 1 aromatic carbocycles. The monoisotopic (exact) mass is 288 g/mol. The minimum Gasteiger partial charge on any atom is -0.392 e. The van der Waals surface area contributed by atoms with Crippen molar-refractivity contribution in [3.63, 3.8) is 0 Å². The Morgan fingerprint density at radius 2 is 1.90 bits per heavy atom. The topological polar surface area (TPSA) is 29.5 Å². The van der Waals surface area contributed by atoms with E-state index in [-0.39, 0.29) is 29.1 Å². The van der Waals surface area contributed by atoms with Crippen LogP contribution in [0.25, 0.3) is 0 Å². The van der Waals surface area contributed by atoms with Crippen LogP contribution in [0, 0.1) is 5.92 Å². The van der Waals surface area contributed by atoms with E-state index >= 15 is 0 Å². The number of aryl methyl sites for hydroxylation is 1. The van der Waals surface area contributed by atoms with E-state index in [0.29, 0.717) is 0 Å². The molecule has 0 spiro atoms. The van der Waals surface area contributed by atoms with E-state index in [2.05, 4.69) is 52.0 Å². The van der Waals surface area contributed by atoms with Gasteiger partial charge in [0.2, 0.25) is 0 Å². The molecule has 0 bridgehead atoms. The van der Waals surface area contributed by atoms with Crippen molar-refractivity contribution in [2.24, 2.45) is 5.92 Å². The first-order valence-electron chi connectivity index (χ1n) is 8.26. The summed E-state index contributed by atoms with van der Waals surface area (Å²) in [5.41, 5.74) is 2.39. The molecular formula is C19H28O2. The summed E-state index contributed by atoms with van der Waals surface area (Å²) in [6, 6.07) is 8.63. The van der Waals surface area contributed by atoms with Crippen LogP contribution >= 0.6 is 0 Å². The van der Waals surface area contributed by atoms with E-state index in [1.54, 1.807) is 0 Å². The number of benzene rings is 1. The lowest BCUT2D eigenvalue weighted by Crippen LogP contribution is -2.40. The van der Waals surface area contributed by atoms with Crippen LogP contribution in [-0.2, 0) is 11.2 Å². The van der Waals surface area contributed by atoms with E-state index in [4.69, 9.17) is 4.74 Å². The molecule has 1 N–H and O–H groups in total. The van der Waals surface area contributed by atoms with Gasteiger partial charge < -0.3 is 9.84 Å². The minimum atomic E-state index is -0.316. The molecule has 21 heavy (non-hydrogen) atoms. The average molecular weight is 288 g/mol. The van der Waals surface area contributed by atoms with Crippen molar-refractivity contribution in [1.82, 2.24) is 0 Å². The molecule has 0 saturated carbocycles. The van der Waals surface area contributed by atoms with Crippen LogP contribution in [-0.4, -0.2) is 22.4 Å². The van der Waals surface area contributed by atoms with Crippen LogP contribution < -0.4 is 0 Å². The first-order valence-corrected chi connectivity index (χ1v) is 8.26. The Morgan fingerprint density at radius 1 is 1.19 bits per heavy atom. The number of aliphatic hydroxyl groups is 1. The molecule has 3 unspecified atom stereocenters. The number of hydrogen-bond donors (Lipinski definition) is 1. The number of hydrogen-bond acceptors (Lipinski definition) is 2. The zero-order chi connectivity index (χ0) is 15.3. The van der Waals surface area contributed by atoms with Gasteiger partial charge in [-0.05, 0) is 64.5 Å². The zero-order valence-corrected chi connectivity index (χ0v) is 13.7. The van der Waals surface area contributed by atoms with Crippen LogP contribution in [0.3, 0.4) is 0 Å². The summed E-state index contributed by atoms with van der Waals surface area (Å²) in [7, 11) is 0. The number of ether oxygens (including phenoxy) is 1. The fraction of sp³-hybridized carbons (Fsp3) is 0.684. The summed E-state index contributed by atoms with van der Waals surface area (Å²) in [5.74, 6) is 0.459. The van der Waals surface area contributed by atoms with E-state index < -0.39 is 0 Å². The summed E-state index contributed by atoms with van der Waals surface area (Å²) in [4.78, 5) is 0.